The molecule has 0 unspecified atom stereocenters. The number of amides is 20. The number of carboxylic acids is 4. The van der Waals surface area contributed by atoms with Gasteiger partial charge in [-0.1, -0.05) is 84.0 Å². The number of aliphatic hydroxyl groups excluding tert-OH is 4. The highest BCUT2D eigenvalue weighted by molar-refractivity contribution is 7.80. The molecule has 56 heteroatoms. The number of nitrogens with two attached hydrogens (primary N) is 2. The predicted molar refractivity (Wildman–Crippen MR) is 521 cm³/mol. The second-order valence-corrected chi connectivity index (χ2v) is 37.5. The van der Waals surface area contributed by atoms with Crippen LogP contribution in [0.25, 0.3) is 0 Å². The van der Waals surface area contributed by atoms with Crippen LogP contribution in [-0.4, -0.2) is 369 Å². The molecule has 2 aromatic carbocycles. The topological polar surface area (TPSA) is 855 Å². The van der Waals surface area contributed by atoms with E-state index in [1.807, 2.05) is 5.32 Å². The maximum Gasteiger partial charge on any atom is 0.326 e. The van der Waals surface area contributed by atoms with Gasteiger partial charge < -0.3 is 158 Å². The molecule has 0 radical (unpaired) electrons. The highest BCUT2D eigenvalue weighted by Crippen LogP contribution is 2.24. The van der Waals surface area contributed by atoms with Gasteiger partial charge in [-0.3, -0.25) is 110 Å². The van der Waals surface area contributed by atoms with Crippen molar-refractivity contribution >= 4 is 167 Å². The third kappa shape index (κ3) is 41.5. The second kappa shape index (κ2) is 60.8. The van der Waals surface area contributed by atoms with Crippen molar-refractivity contribution in [2.24, 2.45) is 29.2 Å². The number of nitrogens with zero attached hydrogens (tertiary/aromatic N) is 2. The smallest absolute Gasteiger partial charge is 0.326 e. The minimum Gasteiger partial charge on any atom is -0.508 e. The first-order valence-corrected chi connectivity index (χ1v) is 48.4. The summed E-state index contributed by atoms with van der Waals surface area (Å²) in [4.78, 5) is 327. The molecule has 0 aromatic heterocycles. The van der Waals surface area contributed by atoms with E-state index in [9.17, 15) is 161 Å². The molecule has 2 heterocycles. The van der Waals surface area contributed by atoms with E-state index in [4.69, 9.17) is 11.5 Å². The number of thiol groups is 2. The van der Waals surface area contributed by atoms with Gasteiger partial charge in [-0.25, -0.2) is 4.79 Å². The molecule has 54 nitrogen and oxygen atoms in total. The number of aliphatic hydroxyl groups is 4. The van der Waals surface area contributed by atoms with Gasteiger partial charge in [0.25, 0.3) is 0 Å². The van der Waals surface area contributed by atoms with Crippen molar-refractivity contribution < 1.29 is 161 Å². The largest absolute Gasteiger partial charge is 0.508 e. The average Bonchev–Trinajstić information content (AvgIpc) is 1.69. The Morgan fingerprint density at radius 2 is 0.755 bits per heavy atom. The molecule has 22 atom stereocenters. The zero-order valence-corrected chi connectivity index (χ0v) is 84.6. The van der Waals surface area contributed by atoms with Gasteiger partial charge in [-0.2, -0.15) is 25.3 Å². The zero-order valence-electron chi connectivity index (χ0n) is 82.8. The minimum atomic E-state index is -2.18. The Morgan fingerprint density at radius 3 is 1.23 bits per heavy atom. The molecule has 2 fully saturated rings. The number of rotatable bonds is 61. The lowest BCUT2D eigenvalue weighted by molar-refractivity contribution is -0.149. The fraction of sp³-hybridized carbons (Fsp3) is 0.604. The maximum absolute atomic E-state index is 14.4. The van der Waals surface area contributed by atoms with E-state index >= 15 is 0 Å². The summed E-state index contributed by atoms with van der Waals surface area (Å²) in [5.41, 5.74) is 12.2. The Morgan fingerprint density at radius 1 is 0.381 bits per heavy atom. The average molecular weight is 2120 g/mol. The first-order valence-electron chi connectivity index (χ1n) is 47.2. The number of hydrogen-bond donors (Lipinski definition) is 30. The van der Waals surface area contributed by atoms with Crippen molar-refractivity contribution in [3.8, 4) is 5.75 Å². The van der Waals surface area contributed by atoms with E-state index in [-0.39, 0.29) is 69.7 Å². The van der Waals surface area contributed by atoms with E-state index < -0.39 is 344 Å². The first-order chi connectivity index (χ1) is 68.8. The van der Waals surface area contributed by atoms with Crippen molar-refractivity contribution in [2.45, 2.75) is 293 Å². The van der Waals surface area contributed by atoms with Crippen LogP contribution in [0.5, 0.6) is 5.75 Å². The number of benzene rings is 2. The van der Waals surface area contributed by atoms with Gasteiger partial charge in [0.1, 0.15) is 115 Å². The van der Waals surface area contributed by atoms with Gasteiger partial charge in [-0.15, -0.1) is 0 Å². The van der Waals surface area contributed by atoms with E-state index in [2.05, 4.69) is 110 Å². The summed E-state index contributed by atoms with van der Waals surface area (Å²) >= 11 is 8.33. The van der Waals surface area contributed by atoms with Crippen LogP contribution in [0.1, 0.15) is 158 Å². The number of carbonyl (C=O) groups is 24. The summed E-state index contributed by atoms with van der Waals surface area (Å²) in [6.07, 6.45) is -10.1. The van der Waals surface area contributed by atoms with E-state index in [0.29, 0.717) is 17.5 Å². The Bertz CT molecular complexity index is 5000. The van der Waals surface area contributed by atoms with Crippen LogP contribution in [0, 0.1) is 17.8 Å². The maximum atomic E-state index is 14.4. The number of aromatic hydroxyl groups is 1. The molecule has 20 amide bonds. The predicted octanol–water partition coefficient (Wildman–Crippen LogP) is -10.1. The third-order valence-corrected chi connectivity index (χ3v) is 23.9. The summed E-state index contributed by atoms with van der Waals surface area (Å²) in [7, 11) is 0. The van der Waals surface area contributed by atoms with Crippen LogP contribution < -0.4 is 102 Å². The Balaban J connectivity index is 1.43. The summed E-state index contributed by atoms with van der Waals surface area (Å²) in [5.74, 6) is -32.0. The van der Waals surface area contributed by atoms with Gasteiger partial charge in [0, 0.05) is 43.9 Å². The Hall–Kier alpha value is -14.0. The number of primary amides is 1. The molecule has 0 spiro atoms. The van der Waals surface area contributed by atoms with E-state index in [1.165, 1.54) is 57.2 Å². The summed E-state index contributed by atoms with van der Waals surface area (Å²) in [5, 5.41) is 131. The lowest BCUT2D eigenvalue weighted by Gasteiger charge is -2.31. The van der Waals surface area contributed by atoms with E-state index in [0.717, 1.165) is 37.5 Å². The molecule has 2 aliphatic heterocycles. The molecular formula is C91H137N21O33S2. The Kier molecular flexibility index (Phi) is 51.9. The van der Waals surface area contributed by atoms with Crippen molar-refractivity contribution in [2.75, 3.05) is 37.7 Å². The van der Waals surface area contributed by atoms with Gasteiger partial charge in [0.05, 0.1) is 56.8 Å². The monoisotopic (exact) mass is 2120 g/mol. The standard InChI is InChI=1S/C91H137N21O33S2/c1-40(2)29-51(92)75(128)108-70(45(9)114)87(140)98-52(25-26-64(93)118)76(129)102-56(34-67(122)123)79(132)101-54(31-48-17-13-12-14-18-48)77(130)105-61(39-147)84(137)107-69(42(5)6)86(139)96-44(8)74(127)99-55(33-66(120)121)78(131)100-53(30-41(3)4)80(133)109-71(46(10)115)88(141)106-60(38-146)83(136)104-59(37-113)82(135)103-57(35-68(124)125)81(134)110-72(47(11)116)90(143)111-27-15-19-62(111)85(138)95-43(7)73(126)94-36-65(119)97-58(32-49-21-23-50(117)24-22-49)89(142)112-28-16-20-63(112)91(144)145/h12-14,17-18,21-24,40-47,51-63,69-72,113-117,146-147H,15-16,19-20,25-39,92H2,1-11H3,(H2,93,118)(H,94,126)(H,95,138)(H,96,139)(H,97,119)(H,98,140)(H,99,127)(H,100,131)(H,101,132)(H,102,129)(H,103,135)(H,104,136)(H,105,130)(H,106,141)(H,107,137)(H,108,128)(H,109,133)(H,110,134)(H,120,121)(H,122,123)(H,124,125)(H,144,145)/t43-,44-,45+,46+,47+,51-,52-,53-,54-,55-,56-,57-,58-,59-,60-,61-,62-,63-,69-,70-,71-,72-/m0/s1. The lowest BCUT2D eigenvalue weighted by Crippen LogP contribution is -2.63. The Labute approximate surface area is 855 Å². The molecule has 0 aliphatic carbocycles. The summed E-state index contributed by atoms with van der Waals surface area (Å²) in [6, 6.07) is -19.3. The molecule has 0 bridgehead atoms. The van der Waals surface area contributed by atoms with Gasteiger partial charge in [-0.05, 0) is 121 Å². The van der Waals surface area contributed by atoms with Crippen LogP contribution in [0.3, 0.4) is 0 Å². The number of likely N-dealkylation sites (tertiary alicyclic amines) is 2. The van der Waals surface area contributed by atoms with Crippen LogP contribution in [-0.2, 0) is 128 Å². The number of nitrogens with one attached hydrogen (secondary N) is 17. The molecule has 2 aromatic rings. The number of phenols is 1. The highest BCUT2D eigenvalue weighted by Gasteiger charge is 2.46. The van der Waals surface area contributed by atoms with Gasteiger partial charge in [0.15, 0.2) is 0 Å². The lowest BCUT2D eigenvalue weighted by atomic mass is 10.0. The SMILES string of the molecule is CC(C)C[C@H](NC(=O)[C@H](CC(=O)O)NC(=O)[C@H](C)NC(=O)[C@@H](NC(=O)[C@H](CS)NC(=O)[C@H](Cc1ccccc1)NC(=O)[C@H](CC(=O)O)NC(=O)[C@H](CCC(N)=O)NC(=O)[C@@H](NC(=O)[C@@H](N)CC(C)C)[C@@H](C)O)C(C)C)C(=O)N[C@H](C(=O)N[C@@H](CS)C(=O)N[C@@H](CO)C(=O)N[C@@H](CC(=O)O)C(=O)N[C@H](C(=O)N1CCC[C@H]1C(=O)N[C@@H](C)C(=O)NCC(=O)N[C@@H](Cc1ccc(O)cc1)C(=O)N1CCC[C@H]1C(=O)O)[C@@H](C)O)[C@@H](C)O. The quantitative estimate of drug-likeness (QED) is 0.0274. The molecule has 2 saturated heterocycles. The van der Waals surface area contributed by atoms with Crippen molar-refractivity contribution in [3.05, 3.63) is 65.7 Å². The summed E-state index contributed by atoms with van der Waals surface area (Å²) in [6.45, 7) is 12.9. The zero-order chi connectivity index (χ0) is 111. The molecule has 4 rings (SSSR count). The van der Waals surface area contributed by atoms with Crippen molar-refractivity contribution in [3.63, 3.8) is 0 Å². The molecule has 30 N–H and O–H groups in total. The normalized spacial score (nSPS) is 17.4. The molecule has 147 heavy (non-hydrogen) atoms. The van der Waals surface area contributed by atoms with Gasteiger partial charge >= 0.3 is 23.9 Å². The van der Waals surface area contributed by atoms with Crippen molar-refractivity contribution in [1.82, 2.24) is 100 Å². The van der Waals surface area contributed by atoms with E-state index in [1.54, 1.807) is 45.9 Å². The minimum absolute atomic E-state index is 0.0441. The van der Waals surface area contributed by atoms with Crippen LogP contribution >= 0.6 is 25.3 Å². The number of phenolic OH excluding ortho intramolecular Hbond substituents is 1. The molecule has 0 saturated carbocycles. The first kappa shape index (κ1) is 125. The summed E-state index contributed by atoms with van der Waals surface area (Å²) < 4.78 is 0. The number of carbonyl (C=O) groups excluding carboxylic acids is 20. The number of aliphatic carboxylic acids is 4. The molecular weight excluding hydrogens is 1980 g/mol. The van der Waals surface area contributed by atoms with Crippen LogP contribution in [0.2, 0.25) is 0 Å². The number of carboxylic acid groups (broad SMARTS) is 4. The van der Waals surface area contributed by atoms with Crippen LogP contribution in [0.4, 0.5) is 0 Å². The highest BCUT2D eigenvalue weighted by atomic mass is 32.1. The van der Waals surface area contributed by atoms with Crippen molar-refractivity contribution in [1.29, 1.82) is 0 Å². The number of hydrogen-bond acceptors (Lipinski definition) is 32. The van der Waals surface area contributed by atoms with Gasteiger partial charge in [0.2, 0.25) is 118 Å². The third-order valence-electron chi connectivity index (χ3n) is 23.1. The van der Waals surface area contributed by atoms with Crippen LogP contribution in [0.15, 0.2) is 54.6 Å². The molecule has 816 valence electrons. The second-order valence-electron chi connectivity index (χ2n) is 36.7. The fourth-order valence-electron chi connectivity index (χ4n) is 15.2. The fourth-order valence-corrected chi connectivity index (χ4v) is 15.7. The molecule has 2 aliphatic rings.